The number of hydrogen-bond acceptors (Lipinski definition) is 1. The highest BCUT2D eigenvalue weighted by Crippen LogP contribution is 2.27. The molecule has 0 amide bonds. The summed E-state index contributed by atoms with van der Waals surface area (Å²) in [5, 5.41) is 3.53. The quantitative estimate of drug-likeness (QED) is 0.777. The molecule has 1 rings (SSSR count). The number of rotatable bonds is 4. The highest BCUT2D eigenvalue weighted by molar-refractivity contribution is 6.31. The van der Waals surface area contributed by atoms with Crippen LogP contribution >= 0.6 is 11.6 Å². The van der Waals surface area contributed by atoms with Crippen molar-refractivity contribution in [2.45, 2.75) is 19.4 Å². The van der Waals surface area contributed by atoms with E-state index in [0.717, 1.165) is 6.54 Å². The van der Waals surface area contributed by atoms with Crippen LogP contribution in [0.3, 0.4) is 0 Å². The Kier molecular flexibility index (Phi) is 4.61. The van der Waals surface area contributed by atoms with Gasteiger partial charge in [-0.2, -0.15) is 0 Å². The fraction of sp³-hybridized carbons (Fsp3) is 0.333. The van der Waals surface area contributed by atoms with Crippen LogP contribution in [0.15, 0.2) is 18.2 Å². The third kappa shape index (κ3) is 2.95. The van der Waals surface area contributed by atoms with Gasteiger partial charge in [0.2, 0.25) is 0 Å². The minimum atomic E-state index is -0.316. The molecule has 3 heteroatoms. The summed E-state index contributed by atoms with van der Waals surface area (Å²) < 4.78 is 13.6. The number of nitrogens with one attached hydrogen (secondary N) is 1. The maximum absolute atomic E-state index is 13.6. The van der Waals surface area contributed by atoms with Gasteiger partial charge in [0.25, 0.3) is 0 Å². The van der Waals surface area contributed by atoms with Crippen molar-refractivity contribution in [1.29, 1.82) is 0 Å². The van der Waals surface area contributed by atoms with E-state index in [1.807, 2.05) is 6.92 Å². The van der Waals surface area contributed by atoms with E-state index >= 15 is 0 Å². The van der Waals surface area contributed by atoms with E-state index in [9.17, 15) is 4.39 Å². The predicted molar refractivity (Wildman–Crippen MR) is 61.3 cm³/mol. The molecule has 80 valence electrons. The summed E-state index contributed by atoms with van der Waals surface area (Å²) in [5.74, 6) is 2.20. The summed E-state index contributed by atoms with van der Waals surface area (Å²) in [5.41, 5.74) is 0.457. The lowest BCUT2D eigenvalue weighted by Crippen LogP contribution is -2.21. The Bertz CT molecular complexity index is 350. The second kappa shape index (κ2) is 5.75. The smallest absolute Gasteiger partial charge is 0.129 e. The van der Waals surface area contributed by atoms with Gasteiger partial charge in [-0.05, 0) is 18.7 Å². The van der Waals surface area contributed by atoms with Gasteiger partial charge in [0.15, 0.2) is 0 Å². The van der Waals surface area contributed by atoms with Crippen molar-refractivity contribution in [1.82, 2.24) is 5.32 Å². The fourth-order valence-electron chi connectivity index (χ4n) is 1.48. The van der Waals surface area contributed by atoms with E-state index in [2.05, 4.69) is 11.2 Å². The molecule has 1 atom stereocenters. The van der Waals surface area contributed by atoms with Gasteiger partial charge >= 0.3 is 0 Å². The molecule has 0 aliphatic carbocycles. The van der Waals surface area contributed by atoms with Crippen molar-refractivity contribution < 1.29 is 4.39 Å². The topological polar surface area (TPSA) is 12.0 Å². The molecule has 0 saturated carbocycles. The van der Waals surface area contributed by atoms with E-state index in [4.69, 9.17) is 18.0 Å². The van der Waals surface area contributed by atoms with Gasteiger partial charge in [-0.15, -0.1) is 12.3 Å². The lowest BCUT2D eigenvalue weighted by atomic mass is 10.0. The molecule has 0 radical (unpaired) electrons. The zero-order chi connectivity index (χ0) is 11.3. The van der Waals surface area contributed by atoms with Crippen molar-refractivity contribution in [3.8, 4) is 12.3 Å². The standard InChI is InChI=1S/C12H13ClFN/c1-3-6-11(15-4-2)12-9(13)7-5-8-10(12)14/h1,5,7-8,11,15H,4,6H2,2H3. The van der Waals surface area contributed by atoms with Crippen molar-refractivity contribution in [2.75, 3.05) is 6.54 Å². The number of benzene rings is 1. The van der Waals surface area contributed by atoms with Crippen LogP contribution in [-0.2, 0) is 0 Å². The van der Waals surface area contributed by atoms with Gasteiger partial charge in [0.05, 0.1) is 0 Å². The van der Waals surface area contributed by atoms with Gasteiger partial charge in [0.1, 0.15) is 5.82 Å². The van der Waals surface area contributed by atoms with Crippen LogP contribution in [0.1, 0.15) is 24.9 Å². The molecule has 1 unspecified atom stereocenters. The molecule has 0 bridgehead atoms. The van der Waals surface area contributed by atoms with Gasteiger partial charge in [-0.1, -0.05) is 24.6 Å². The first-order valence-electron chi connectivity index (χ1n) is 4.81. The second-order valence-electron chi connectivity index (χ2n) is 3.15. The zero-order valence-electron chi connectivity index (χ0n) is 8.56. The first kappa shape index (κ1) is 12.0. The molecule has 1 nitrogen and oxygen atoms in total. The van der Waals surface area contributed by atoms with E-state index < -0.39 is 0 Å². The van der Waals surface area contributed by atoms with E-state index in [0.29, 0.717) is 17.0 Å². The Morgan fingerprint density at radius 2 is 2.33 bits per heavy atom. The van der Waals surface area contributed by atoms with Gasteiger partial charge in [0, 0.05) is 23.0 Å². The zero-order valence-corrected chi connectivity index (χ0v) is 9.31. The maximum atomic E-state index is 13.6. The first-order valence-corrected chi connectivity index (χ1v) is 5.19. The van der Waals surface area contributed by atoms with Crippen molar-refractivity contribution in [3.63, 3.8) is 0 Å². The van der Waals surface area contributed by atoms with Crippen LogP contribution in [0.5, 0.6) is 0 Å². The fourth-order valence-corrected chi connectivity index (χ4v) is 1.78. The Morgan fingerprint density at radius 1 is 1.60 bits per heavy atom. The molecule has 0 aromatic heterocycles. The number of terminal acetylenes is 1. The van der Waals surface area contributed by atoms with Crippen molar-refractivity contribution >= 4 is 11.6 Å². The molecule has 0 heterocycles. The summed E-state index contributed by atoms with van der Waals surface area (Å²) >= 11 is 5.95. The molecule has 0 fully saturated rings. The number of halogens is 2. The lowest BCUT2D eigenvalue weighted by Gasteiger charge is -2.17. The molecular formula is C12H13ClFN. The van der Waals surface area contributed by atoms with Crippen LogP contribution in [0.25, 0.3) is 0 Å². The Morgan fingerprint density at radius 3 is 2.87 bits per heavy atom. The Balaban J connectivity index is 3.05. The van der Waals surface area contributed by atoms with Crippen molar-refractivity contribution in [2.24, 2.45) is 0 Å². The third-order valence-corrected chi connectivity index (χ3v) is 2.45. The van der Waals surface area contributed by atoms with Crippen LogP contribution in [0, 0.1) is 18.2 Å². The average molecular weight is 226 g/mol. The van der Waals surface area contributed by atoms with Crippen LogP contribution in [-0.4, -0.2) is 6.54 Å². The van der Waals surface area contributed by atoms with Crippen molar-refractivity contribution in [3.05, 3.63) is 34.6 Å². The number of hydrogen-bond donors (Lipinski definition) is 1. The average Bonchev–Trinajstić information content (AvgIpc) is 2.18. The molecule has 1 aromatic rings. The Labute approximate surface area is 94.6 Å². The lowest BCUT2D eigenvalue weighted by molar-refractivity contribution is 0.520. The van der Waals surface area contributed by atoms with E-state index in [-0.39, 0.29) is 11.9 Å². The summed E-state index contributed by atoms with van der Waals surface area (Å²) in [4.78, 5) is 0. The van der Waals surface area contributed by atoms with E-state index in [1.54, 1.807) is 12.1 Å². The highest BCUT2D eigenvalue weighted by Gasteiger charge is 2.16. The van der Waals surface area contributed by atoms with Crippen LogP contribution in [0.4, 0.5) is 4.39 Å². The Hall–Kier alpha value is -1.04. The first-order chi connectivity index (χ1) is 7.20. The summed E-state index contributed by atoms with van der Waals surface area (Å²) in [6, 6.07) is 4.43. The molecular weight excluding hydrogens is 213 g/mol. The monoisotopic (exact) mass is 225 g/mol. The largest absolute Gasteiger partial charge is 0.309 e. The summed E-state index contributed by atoms with van der Waals surface area (Å²) in [6.07, 6.45) is 5.67. The molecule has 0 aliphatic rings. The molecule has 1 N–H and O–H groups in total. The summed E-state index contributed by atoms with van der Waals surface area (Å²) in [6.45, 7) is 2.66. The van der Waals surface area contributed by atoms with Gasteiger partial charge in [-0.25, -0.2) is 4.39 Å². The normalized spacial score (nSPS) is 12.1. The molecule has 0 saturated heterocycles. The molecule has 0 spiro atoms. The second-order valence-corrected chi connectivity index (χ2v) is 3.56. The maximum Gasteiger partial charge on any atom is 0.129 e. The third-order valence-electron chi connectivity index (χ3n) is 2.12. The SMILES string of the molecule is C#CCC(NCC)c1c(F)cccc1Cl. The minimum Gasteiger partial charge on any atom is -0.309 e. The molecule has 15 heavy (non-hydrogen) atoms. The van der Waals surface area contributed by atoms with Gasteiger partial charge in [-0.3, -0.25) is 0 Å². The summed E-state index contributed by atoms with van der Waals surface area (Å²) in [7, 11) is 0. The highest BCUT2D eigenvalue weighted by atomic mass is 35.5. The molecule has 1 aromatic carbocycles. The van der Waals surface area contributed by atoms with Gasteiger partial charge < -0.3 is 5.32 Å². The minimum absolute atomic E-state index is 0.214. The predicted octanol–water partition coefficient (Wildman–Crippen LogP) is 3.15. The van der Waals surface area contributed by atoms with Crippen LogP contribution in [0.2, 0.25) is 5.02 Å². The van der Waals surface area contributed by atoms with Crippen LogP contribution < -0.4 is 5.32 Å². The van der Waals surface area contributed by atoms with E-state index in [1.165, 1.54) is 6.07 Å². The molecule has 0 aliphatic heterocycles.